The second kappa shape index (κ2) is 6.72. The lowest BCUT2D eigenvalue weighted by Crippen LogP contribution is -2.10. The molecule has 0 aliphatic carbocycles. The molecule has 0 radical (unpaired) electrons. The molecule has 1 N–H and O–H groups in total. The highest BCUT2D eigenvalue weighted by molar-refractivity contribution is 9.10. The minimum Gasteiger partial charge on any atom is -0.377 e. The predicted octanol–water partition coefficient (Wildman–Crippen LogP) is 5.23. The lowest BCUT2D eigenvalue weighted by molar-refractivity contribution is -0.384. The molecule has 0 spiro atoms. The van der Waals surface area contributed by atoms with E-state index in [4.69, 9.17) is 0 Å². The largest absolute Gasteiger partial charge is 0.377 e. The average molecular weight is 349 g/mol. The summed E-state index contributed by atoms with van der Waals surface area (Å²) in [6, 6.07) is 12.8. The number of hydrogen-bond acceptors (Lipinski definition) is 3. The topological polar surface area (TPSA) is 55.2 Å². The van der Waals surface area contributed by atoms with Crippen molar-refractivity contribution in [2.24, 2.45) is 0 Å². The molecule has 0 aromatic heterocycles. The molecule has 0 saturated heterocycles. The Kier molecular flexibility index (Phi) is 4.96. The van der Waals surface area contributed by atoms with Crippen LogP contribution in [0.15, 0.2) is 46.9 Å². The number of rotatable bonds is 5. The third kappa shape index (κ3) is 3.61. The van der Waals surface area contributed by atoms with Gasteiger partial charge in [0.1, 0.15) is 0 Å². The van der Waals surface area contributed by atoms with Crippen LogP contribution in [0.3, 0.4) is 0 Å². The number of aryl methyl sites for hydroxylation is 1. The molecule has 0 fully saturated rings. The van der Waals surface area contributed by atoms with E-state index >= 15 is 0 Å². The second-order valence-corrected chi connectivity index (χ2v) is 5.69. The van der Waals surface area contributed by atoms with E-state index in [-0.39, 0.29) is 16.7 Å². The molecule has 21 heavy (non-hydrogen) atoms. The summed E-state index contributed by atoms with van der Waals surface area (Å²) in [6.07, 6.45) is 0.835. The van der Waals surface area contributed by atoms with Gasteiger partial charge in [0.2, 0.25) is 0 Å². The maximum absolute atomic E-state index is 10.9. The van der Waals surface area contributed by atoms with Gasteiger partial charge in [-0.3, -0.25) is 10.1 Å². The van der Waals surface area contributed by atoms with E-state index in [1.165, 1.54) is 6.07 Å². The monoisotopic (exact) mass is 348 g/mol. The molecule has 2 rings (SSSR count). The second-order valence-electron chi connectivity index (χ2n) is 4.89. The summed E-state index contributed by atoms with van der Waals surface area (Å²) in [5, 5.41) is 14.3. The van der Waals surface area contributed by atoms with Gasteiger partial charge in [0, 0.05) is 22.3 Å². The van der Waals surface area contributed by atoms with E-state index in [2.05, 4.69) is 28.2 Å². The Bertz CT molecular complexity index is 658. The van der Waals surface area contributed by atoms with Gasteiger partial charge in [-0.15, -0.1) is 0 Å². The molecule has 1 atom stereocenters. The molecule has 0 amide bonds. The van der Waals surface area contributed by atoms with Gasteiger partial charge in [0.05, 0.1) is 11.0 Å². The van der Waals surface area contributed by atoms with E-state index in [1.807, 2.05) is 31.2 Å². The van der Waals surface area contributed by atoms with Gasteiger partial charge in [-0.05, 0) is 46.5 Å². The van der Waals surface area contributed by atoms with E-state index in [0.29, 0.717) is 0 Å². The first-order valence-corrected chi connectivity index (χ1v) is 7.58. The zero-order valence-corrected chi connectivity index (χ0v) is 13.6. The normalized spacial score (nSPS) is 12.0. The van der Waals surface area contributed by atoms with Crippen LogP contribution in [0.5, 0.6) is 0 Å². The molecular formula is C16H17BrN2O2. The average Bonchev–Trinajstić information content (AvgIpc) is 2.49. The van der Waals surface area contributed by atoms with Gasteiger partial charge >= 0.3 is 0 Å². The van der Waals surface area contributed by atoms with Gasteiger partial charge < -0.3 is 5.32 Å². The highest BCUT2D eigenvalue weighted by Gasteiger charge is 2.14. The summed E-state index contributed by atoms with van der Waals surface area (Å²) < 4.78 is 1.02. The highest BCUT2D eigenvalue weighted by atomic mass is 79.9. The van der Waals surface area contributed by atoms with E-state index in [1.54, 1.807) is 12.1 Å². The van der Waals surface area contributed by atoms with Crippen molar-refractivity contribution in [2.45, 2.75) is 26.3 Å². The first-order chi connectivity index (χ1) is 10.0. The lowest BCUT2D eigenvalue weighted by Gasteiger charge is -2.20. The number of benzene rings is 2. The molecule has 2 aromatic rings. The van der Waals surface area contributed by atoms with Gasteiger partial charge in [-0.25, -0.2) is 0 Å². The number of non-ortho nitro benzene ring substituents is 1. The number of nitrogens with zero attached hydrogens (tertiary/aromatic N) is 1. The van der Waals surface area contributed by atoms with Crippen LogP contribution in [0.25, 0.3) is 0 Å². The molecule has 4 nitrogen and oxygen atoms in total. The van der Waals surface area contributed by atoms with Crippen LogP contribution in [-0.2, 0) is 0 Å². The Labute approximate surface area is 132 Å². The molecule has 5 heteroatoms. The fourth-order valence-corrected chi connectivity index (χ4v) is 2.60. The summed E-state index contributed by atoms with van der Waals surface area (Å²) in [6.45, 7) is 4.09. The molecule has 0 aliphatic heterocycles. The van der Waals surface area contributed by atoms with E-state index in [0.717, 1.165) is 27.7 Å². The van der Waals surface area contributed by atoms with Gasteiger partial charge in [-0.1, -0.05) is 31.2 Å². The van der Waals surface area contributed by atoms with E-state index in [9.17, 15) is 10.1 Å². The van der Waals surface area contributed by atoms with Crippen LogP contribution in [-0.4, -0.2) is 4.92 Å². The zero-order chi connectivity index (χ0) is 15.4. The van der Waals surface area contributed by atoms with Crippen LogP contribution in [0, 0.1) is 17.0 Å². The first kappa shape index (κ1) is 15.5. The number of halogens is 1. The molecule has 1 unspecified atom stereocenters. The summed E-state index contributed by atoms with van der Waals surface area (Å²) in [5.41, 5.74) is 3.18. The standard InChI is InChI=1S/C16H17BrN2O2/c1-3-14(12-7-5-8-13(10-12)19(20)21)18-15-9-4-6-11(2)16(15)17/h4-10,14,18H,3H2,1-2H3. The van der Waals surface area contributed by atoms with Crippen molar-refractivity contribution in [1.29, 1.82) is 0 Å². The van der Waals surface area contributed by atoms with Crippen molar-refractivity contribution in [2.75, 3.05) is 5.32 Å². The molecule has 2 aromatic carbocycles. The van der Waals surface area contributed by atoms with Crippen molar-refractivity contribution in [1.82, 2.24) is 0 Å². The molecule has 0 saturated carbocycles. The van der Waals surface area contributed by atoms with Crippen LogP contribution in [0.4, 0.5) is 11.4 Å². The smallest absolute Gasteiger partial charge is 0.269 e. The maximum atomic E-state index is 10.9. The molecule has 0 bridgehead atoms. The predicted molar refractivity (Wildman–Crippen MR) is 88.6 cm³/mol. The Morgan fingerprint density at radius 1 is 1.29 bits per heavy atom. The minimum absolute atomic E-state index is 0.0306. The van der Waals surface area contributed by atoms with Crippen LogP contribution >= 0.6 is 15.9 Å². The maximum Gasteiger partial charge on any atom is 0.269 e. The van der Waals surface area contributed by atoms with Gasteiger partial charge in [0.15, 0.2) is 0 Å². The highest BCUT2D eigenvalue weighted by Crippen LogP contribution is 2.31. The van der Waals surface area contributed by atoms with Crippen LogP contribution < -0.4 is 5.32 Å². The number of nitro groups is 1. The Morgan fingerprint density at radius 3 is 2.67 bits per heavy atom. The van der Waals surface area contributed by atoms with Crippen molar-refractivity contribution in [3.8, 4) is 0 Å². The summed E-state index contributed by atoms with van der Waals surface area (Å²) in [4.78, 5) is 10.5. The Hall–Kier alpha value is -1.88. The summed E-state index contributed by atoms with van der Waals surface area (Å²) in [7, 11) is 0. The summed E-state index contributed by atoms with van der Waals surface area (Å²) in [5.74, 6) is 0. The first-order valence-electron chi connectivity index (χ1n) is 6.79. The molecular weight excluding hydrogens is 332 g/mol. The SMILES string of the molecule is CCC(Nc1cccc(C)c1Br)c1cccc([N+](=O)[O-])c1. The van der Waals surface area contributed by atoms with Gasteiger partial charge in [-0.2, -0.15) is 0 Å². The minimum atomic E-state index is -0.362. The van der Waals surface area contributed by atoms with Crippen molar-refractivity contribution in [3.05, 3.63) is 68.2 Å². The number of anilines is 1. The van der Waals surface area contributed by atoms with Gasteiger partial charge in [0.25, 0.3) is 5.69 Å². The quantitative estimate of drug-likeness (QED) is 0.594. The van der Waals surface area contributed by atoms with E-state index < -0.39 is 0 Å². The lowest BCUT2D eigenvalue weighted by atomic mass is 10.0. The molecule has 110 valence electrons. The molecule has 0 heterocycles. The van der Waals surface area contributed by atoms with Crippen LogP contribution in [0.1, 0.15) is 30.5 Å². The number of nitrogens with one attached hydrogen (secondary N) is 1. The zero-order valence-electron chi connectivity index (χ0n) is 12.0. The molecule has 0 aliphatic rings. The van der Waals surface area contributed by atoms with Crippen LogP contribution in [0.2, 0.25) is 0 Å². The summed E-state index contributed by atoms with van der Waals surface area (Å²) >= 11 is 3.58. The number of nitro benzene ring substituents is 1. The fourth-order valence-electron chi connectivity index (χ4n) is 2.22. The number of hydrogen-bond donors (Lipinski definition) is 1. The third-order valence-electron chi connectivity index (χ3n) is 3.41. The Balaban J connectivity index is 2.30. The fraction of sp³-hybridized carbons (Fsp3) is 0.250. The third-order valence-corrected chi connectivity index (χ3v) is 4.47. The Morgan fingerprint density at radius 2 is 2.00 bits per heavy atom. The van der Waals surface area contributed by atoms with Crippen molar-refractivity contribution >= 4 is 27.3 Å². The van der Waals surface area contributed by atoms with Crippen molar-refractivity contribution < 1.29 is 4.92 Å². The van der Waals surface area contributed by atoms with Crippen molar-refractivity contribution in [3.63, 3.8) is 0 Å².